The van der Waals surface area contributed by atoms with Gasteiger partial charge in [-0.25, -0.2) is 0 Å². The van der Waals surface area contributed by atoms with Crippen molar-refractivity contribution in [3.63, 3.8) is 0 Å². The fourth-order valence-corrected chi connectivity index (χ4v) is 4.04. The Balaban J connectivity index is 1.43. The Bertz CT molecular complexity index is 804. The molecular formula is C19H20N2O3. The predicted molar refractivity (Wildman–Crippen MR) is 89.4 cm³/mol. The monoisotopic (exact) mass is 324 g/mol. The number of fused-ring (bicyclic) bond motifs is 1. The van der Waals surface area contributed by atoms with Gasteiger partial charge < -0.3 is 10.0 Å². The SMILES string of the molecule is O=C(O)C1CC12CCN(C(=O)Cc1cccc3cccnc13)CC2. The highest BCUT2D eigenvalue weighted by Gasteiger charge is 2.59. The molecule has 24 heavy (non-hydrogen) atoms. The van der Waals surface area contributed by atoms with E-state index in [2.05, 4.69) is 4.98 Å². The molecular weight excluding hydrogens is 304 g/mol. The van der Waals surface area contributed by atoms with Gasteiger partial charge in [-0.3, -0.25) is 14.6 Å². The molecule has 2 aliphatic rings. The molecule has 1 atom stereocenters. The number of carbonyl (C=O) groups is 2. The molecule has 1 amide bonds. The number of carbonyl (C=O) groups excluding carboxylic acids is 1. The first-order valence-corrected chi connectivity index (χ1v) is 8.42. The molecule has 4 rings (SSSR count). The van der Waals surface area contributed by atoms with Crippen molar-refractivity contribution in [3.05, 3.63) is 42.1 Å². The first-order chi connectivity index (χ1) is 11.6. The summed E-state index contributed by atoms with van der Waals surface area (Å²) in [5.74, 6) is -0.774. The van der Waals surface area contributed by atoms with E-state index in [1.54, 1.807) is 6.20 Å². The van der Waals surface area contributed by atoms with Crippen molar-refractivity contribution in [1.29, 1.82) is 0 Å². The molecule has 1 aromatic carbocycles. The van der Waals surface area contributed by atoms with Gasteiger partial charge in [0.25, 0.3) is 0 Å². The molecule has 0 radical (unpaired) electrons. The zero-order chi connectivity index (χ0) is 16.7. The summed E-state index contributed by atoms with van der Waals surface area (Å²) in [6, 6.07) is 9.81. The third-order valence-electron chi connectivity index (χ3n) is 5.66. The van der Waals surface area contributed by atoms with Gasteiger partial charge in [0, 0.05) is 24.7 Å². The Hall–Kier alpha value is -2.43. The van der Waals surface area contributed by atoms with Crippen LogP contribution in [0.2, 0.25) is 0 Å². The standard InChI is InChI=1S/C19H20N2O3/c22-16(11-14-4-1-3-13-5-2-8-20-17(13)14)21-9-6-19(7-10-21)12-15(19)18(23)24/h1-5,8,15H,6-7,9-12H2,(H,23,24). The fraction of sp³-hybridized carbons (Fsp3) is 0.421. The van der Waals surface area contributed by atoms with Crippen LogP contribution in [0.3, 0.4) is 0 Å². The number of aromatic nitrogens is 1. The number of piperidine rings is 1. The molecule has 1 unspecified atom stereocenters. The molecule has 2 aromatic rings. The normalized spacial score (nSPS) is 21.8. The Kier molecular flexibility index (Phi) is 3.52. The summed E-state index contributed by atoms with van der Waals surface area (Å²) >= 11 is 0. The van der Waals surface area contributed by atoms with E-state index >= 15 is 0 Å². The van der Waals surface area contributed by atoms with Crippen LogP contribution < -0.4 is 0 Å². The van der Waals surface area contributed by atoms with Gasteiger partial charge in [-0.2, -0.15) is 0 Å². The van der Waals surface area contributed by atoms with Crippen LogP contribution >= 0.6 is 0 Å². The van der Waals surface area contributed by atoms with Gasteiger partial charge in [0.2, 0.25) is 5.91 Å². The second-order valence-corrected chi connectivity index (χ2v) is 7.01. The Morgan fingerprint density at radius 1 is 1.21 bits per heavy atom. The molecule has 1 saturated carbocycles. The molecule has 2 heterocycles. The third-order valence-corrected chi connectivity index (χ3v) is 5.66. The number of aliphatic carboxylic acids is 1. The topological polar surface area (TPSA) is 70.5 Å². The van der Waals surface area contributed by atoms with E-state index in [0.29, 0.717) is 19.5 Å². The van der Waals surface area contributed by atoms with E-state index in [1.807, 2.05) is 35.2 Å². The smallest absolute Gasteiger partial charge is 0.307 e. The molecule has 1 aliphatic carbocycles. The minimum absolute atomic E-state index is 0.0381. The lowest BCUT2D eigenvalue weighted by Crippen LogP contribution is -2.40. The van der Waals surface area contributed by atoms with E-state index in [-0.39, 0.29) is 17.2 Å². The number of nitrogens with zero attached hydrogens (tertiary/aromatic N) is 2. The van der Waals surface area contributed by atoms with Gasteiger partial charge in [0.1, 0.15) is 0 Å². The number of para-hydroxylation sites is 1. The summed E-state index contributed by atoms with van der Waals surface area (Å²) in [5, 5.41) is 10.2. The molecule has 1 aliphatic heterocycles. The first-order valence-electron chi connectivity index (χ1n) is 8.42. The summed E-state index contributed by atoms with van der Waals surface area (Å²) in [5.41, 5.74) is 1.80. The number of rotatable bonds is 3. The number of hydrogen-bond acceptors (Lipinski definition) is 3. The van der Waals surface area contributed by atoms with Crippen molar-refractivity contribution in [2.45, 2.75) is 25.7 Å². The van der Waals surface area contributed by atoms with E-state index in [1.165, 1.54) is 0 Å². The Morgan fingerprint density at radius 3 is 2.67 bits per heavy atom. The Morgan fingerprint density at radius 2 is 1.96 bits per heavy atom. The maximum absolute atomic E-state index is 12.6. The van der Waals surface area contributed by atoms with E-state index in [0.717, 1.165) is 35.7 Å². The van der Waals surface area contributed by atoms with E-state index in [4.69, 9.17) is 5.11 Å². The average molecular weight is 324 g/mol. The number of hydrogen-bond donors (Lipinski definition) is 1. The second-order valence-electron chi connectivity index (χ2n) is 7.01. The van der Waals surface area contributed by atoms with Gasteiger partial charge in [-0.15, -0.1) is 0 Å². The minimum Gasteiger partial charge on any atom is -0.481 e. The van der Waals surface area contributed by atoms with Crippen molar-refractivity contribution in [3.8, 4) is 0 Å². The van der Waals surface area contributed by atoms with Gasteiger partial charge >= 0.3 is 5.97 Å². The number of carboxylic acid groups (broad SMARTS) is 1. The van der Waals surface area contributed by atoms with Gasteiger partial charge in [-0.05, 0) is 36.3 Å². The maximum Gasteiger partial charge on any atom is 0.307 e. The molecule has 1 N–H and O–H groups in total. The van der Waals surface area contributed by atoms with Crippen LogP contribution in [-0.4, -0.2) is 40.0 Å². The van der Waals surface area contributed by atoms with Gasteiger partial charge in [-0.1, -0.05) is 24.3 Å². The minimum atomic E-state index is -0.684. The molecule has 5 nitrogen and oxygen atoms in total. The molecule has 1 aromatic heterocycles. The summed E-state index contributed by atoms with van der Waals surface area (Å²) in [6.45, 7) is 1.33. The van der Waals surface area contributed by atoms with Crippen molar-refractivity contribution < 1.29 is 14.7 Å². The number of pyridine rings is 1. The van der Waals surface area contributed by atoms with Crippen LogP contribution in [0, 0.1) is 11.3 Å². The van der Waals surface area contributed by atoms with Crippen LogP contribution in [0.4, 0.5) is 0 Å². The number of likely N-dealkylation sites (tertiary alicyclic amines) is 1. The summed E-state index contributed by atoms with van der Waals surface area (Å²) in [6.07, 6.45) is 4.49. The summed E-state index contributed by atoms with van der Waals surface area (Å²) in [4.78, 5) is 30.1. The van der Waals surface area contributed by atoms with Crippen LogP contribution in [0.25, 0.3) is 10.9 Å². The Labute approximate surface area is 140 Å². The number of amides is 1. The highest BCUT2D eigenvalue weighted by molar-refractivity contribution is 5.87. The lowest BCUT2D eigenvalue weighted by atomic mass is 9.90. The number of benzene rings is 1. The average Bonchev–Trinajstić information content (AvgIpc) is 3.30. The van der Waals surface area contributed by atoms with Crippen LogP contribution in [0.15, 0.2) is 36.5 Å². The van der Waals surface area contributed by atoms with Gasteiger partial charge in [0.05, 0.1) is 17.9 Å². The molecule has 0 bridgehead atoms. The van der Waals surface area contributed by atoms with E-state index < -0.39 is 5.97 Å². The van der Waals surface area contributed by atoms with Crippen LogP contribution in [-0.2, 0) is 16.0 Å². The zero-order valence-corrected chi connectivity index (χ0v) is 13.4. The second kappa shape index (κ2) is 5.58. The molecule has 124 valence electrons. The molecule has 2 fully saturated rings. The predicted octanol–water partition coefficient (Wildman–Crippen LogP) is 2.49. The van der Waals surface area contributed by atoms with Crippen molar-refractivity contribution in [2.24, 2.45) is 11.3 Å². The fourth-order valence-electron chi connectivity index (χ4n) is 4.04. The maximum atomic E-state index is 12.6. The zero-order valence-electron chi connectivity index (χ0n) is 13.4. The lowest BCUT2D eigenvalue weighted by molar-refractivity contribution is -0.139. The summed E-state index contributed by atoms with van der Waals surface area (Å²) < 4.78 is 0. The van der Waals surface area contributed by atoms with Crippen molar-refractivity contribution in [2.75, 3.05) is 13.1 Å². The highest BCUT2D eigenvalue weighted by Crippen LogP contribution is 2.59. The van der Waals surface area contributed by atoms with E-state index in [9.17, 15) is 9.59 Å². The van der Waals surface area contributed by atoms with Crippen LogP contribution in [0.5, 0.6) is 0 Å². The highest BCUT2D eigenvalue weighted by atomic mass is 16.4. The van der Waals surface area contributed by atoms with Gasteiger partial charge in [0.15, 0.2) is 0 Å². The van der Waals surface area contributed by atoms with Crippen molar-refractivity contribution in [1.82, 2.24) is 9.88 Å². The largest absolute Gasteiger partial charge is 0.481 e. The molecule has 1 spiro atoms. The number of carboxylic acids is 1. The third kappa shape index (κ3) is 2.54. The molecule has 5 heteroatoms. The van der Waals surface area contributed by atoms with Crippen LogP contribution in [0.1, 0.15) is 24.8 Å². The lowest BCUT2D eigenvalue weighted by Gasteiger charge is -2.32. The van der Waals surface area contributed by atoms with Crippen molar-refractivity contribution >= 4 is 22.8 Å². The quantitative estimate of drug-likeness (QED) is 0.941. The molecule has 1 saturated heterocycles. The first kappa shape index (κ1) is 15.1. The summed E-state index contributed by atoms with van der Waals surface area (Å²) in [7, 11) is 0.